The highest BCUT2D eigenvalue weighted by atomic mass is 35.5. The number of halogens is 1. The predicted molar refractivity (Wildman–Crippen MR) is 99.3 cm³/mol. The molecule has 0 aromatic carbocycles. The van der Waals surface area contributed by atoms with E-state index >= 15 is 0 Å². The van der Waals surface area contributed by atoms with Crippen LogP contribution in [-0.2, 0) is 0 Å². The number of amides is 1. The molecule has 0 aliphatic rings. The lowest BCUT2D eigenvalue weighted by Gasteiger charge is -2.03. The third kappa shape index (κ3) is 4.50. The first-order valence-corrected chi connectivity index (χ1v) is 8.64. The summed E-state index contributed by atoms with van der Waals surface area (Å²) in [6.45, 7) is 0.811. The molecule has 1 amide bonds. The van der Waals surface area contributed by atoms with E-state index in [1.165, 1.54) is 11.3 Å². The Kier molecular flexibility index (Phi) is 5.54. The molecule has 0 fully saturated rings. The summed E-state index contributed by atoms with van der Waals surface area (Å²) < 4.78 is 0. The molecule has 3 rings (SSSR count). The maximum absolute atomic E-state index is 11.8. The Bertz CT molecular complexity index is 867. The molecule has 0 saturated heterocycles. The van der Waals surface area contributed by atoms with Crippen LogP contribution in [0.1, 0.15) is 10.5 Å². The van der Waals surface area contributed by atoms with Crippen molar-refractivity contribution in [1.29, 1.82) is 0 Å². The number of hydrogen-bond acceptors (Lipinski definition) is 7. The zero-order chi connectivity index (χ0) is 17.6. The largest absolute Gasteiger partial charge is 0.349 e. The highest BCUT2D eigenvalue weighted by molar-refractivity contribution is 7.18. The number of carbonyl (C=O) groups is 1. The van der Waals surface area contributed by atoms with Gasteiger partial charge in [-0.25, -0.2) is 9.97 Å². The van der Waals surface area contributed by atoms with Crippen molar-refractivity contribution in [2.24, 2.45) is 5.73 Å². The fourth-order valence-electron chi connectivity index (χ4n) is 2.00. The van der Waals surface area contributed by atoms with Crippen LogP contribution in [0.5, 0.6) is 0 Å². The molecular formula is C16H15ClN6OS. The van der Waals surface area contributed by atoms with E-state index < -0.39 is 0 Å². The third-order valence-corrected chi connectivity index (χ3v) is 4.37. The number of aromatic nitrogens is 3. The summed E-state index contributed by atoms with van der Waals surface area (Å²) in [6, 6.07) is 6.93. The van der Waals surface area contributed by atoms with E-state index in [1.54, 1.807) is 36.8 Å². The van der Waals surface area contributed by atoms with Gasteiger partial charge in [0, 0.05) is 42.3 Å². The average molecular weight is 375 g/mol. The van der Waals surface area contributed by atoms with Crippen LogP contribution in [0.15, 0.2) is 42.9 Å². The summed E-state index contributed by atoms with van der Waals surface area (Å²) in [5.41, 5.74) is 6.59. The monoisotopic (exact) mass is 374 g/mol. The second-order valence-electron chi connectivity index (χ2n) is 4.99. The number of nitrogens with one attached hydrogen (secondary N) is 2. The third-order valence-electron chi connectivity index (χ3n) is 3.17. The fourth-order valence-corrected chi connectivity index (χ4v) is 2.97. The molecule has 0 aliphatic carbocycles. The first-order valence-electron chi connectivity index (χ1n) is 7.45. The summed E-state index contributed by atoms with van der Waals surface area (Å²) in [7, 11) is 0. The number of nitrogens with zero attached hydrogens (tertiary/aromatic N) is 3. The van der Waals surface area contributed by atoms with Crippen molar-refractivity contribution in [1.82, 2.24) is 20.3 Å². The summed E-state index contributed by atoms with van der Waals surface area (Å²) in [4.78, 5) is 25.4. The second-order valence-corrected chi connectivity index (χ2v) is 6.46. The lowest BCUT2D eigenvalue weighted by molar-refractivity contribution is 0.0950. The first kappa shape index (κ1) is 17.3. The number of nitrogens with two attached hydrogens (primary N) is 1. The van der Waals surface area contributed by atoms with Crippen molar-refractivity contribution in [2.75, 3.05) is 18.4 Å². The summed E-state index contributed by atoms with van der Waals surface area (Å²) in [5, 5.41) is 7.07. The van der Waals surface area contributed by atoms with Crippen molar-refractivity contribution in [3.8, 4) is 10.4 Å². The van der Waals surface area contributed by atoms with Crippen molar-refractivity contribution in [3.05, 3.63) is 53.6 Å². The smallest absolute Gasteiger partial charge is 0.269 e. The standard InChI is InChI=1S/C16H15ClN6OS/c17-11-3-5-19-14(7-11)23-16-22-9-13(25-16)10-1-2-12(21-8-10)15(24)20-6-4-18/h1-3,5,7-9H,4,6,18H2,(H,20,24)(H,19,22,23). The topological polar surface area (TPSA) is 106 Å². The van der Waals surface area contributed by atoms with Crippen LogP contribution < -0.4 is 16.4 Å². The molecule has 3 heterocycles. The van der Waals surface area contributed by atoms with Crippen LogP contribution in [0.4, 0.5) is 10.9 Å². The molecule has 0 unspecified atom stereocenters. The number of hydrogen-bond donors (Lipinski definition) is 3. The molecule has 0 aliphatic heterocycles. The van der Waals surface area contributed by atoms with E-state index in [1.807, 2.05) is 6.07 Å². The van der Waals surface area contributed by atoms with Crippen LogP contribution in [0.3, 0.4) is 0 Å². The van der Waals surface area contributed by atoms with Crippen LogP contribution >= 0.6 is 22.9 Å². The first-order chi connectivity index (χ1) is 12.2. The molecule has 9 heteroatoms. The highest BCUT2D eigenvalue weighted by Gasteiger charge is 2.09. The molecule has 0 spiro atoms. The van der Waals surface area contributed by atoms with Gasteiger partial charge in [-0.05, 0) is 24.3 Å². The summed E-state index contributed by atoms with van der Waals surface area (Å²) in [5.74, 6) is 0.383. The Hall–Kier alpha value is -2.55. The quantitative estimate of drug-likeness (QED) is 0.612. The van der Waals surface area contributed by atoms with Crippen molar-refractivity contribution >= 4 is 39.8 Å². The molecule has 0 bridgehead atoms. The second kappa shape index (κ2) is 8.02. The van der Waals surface area contributed by atoms with E-state index in [9.17, 15) is 4.79 Å². The number of rotatable bonds is 6. The molecular weight excluding hydrogens is 360 g/mol. The summed E-state index contributed by atoms with van der Waals surface area (Å²) >= 11 is 7.39. The van der Waals surface area contributed by atoms with Gasteiger partial charge in [0.2, 0.25) is 0 Å². The van der Waals surface area contributed by atoms with Crippen LogP contribution in [0.25, 0.3) is 10.4 Å². The normalized spacial score (nSPS) is 10.5. The zero-order valence-corrected chi connectivity index (χ0v) is 14.6. The molecule has 4 N–H and O–H groups in total. The Morgan fingerprint density at radius 2 is 2.08 bits per heavy atom. The number of anilines is 2. The van der Waals surface area contributed by atoms with Gasteiger partial charge in [0.1, 0.15) is 11.5 Å². The van der Waals surface area contributed by atoms with Gasteiger partial charge in [0.25, 0.3) is 5.91 Å². The van der Waals surface area contributed by atoms with Crippen LogP contribution in [0, 0.1) is 0 Å². The maximum Gasteiger partial charge on any atom is 0.269 e. The van der Waals surface area contributed by atoms with Gasteiger partial charge < -0.3 is 16.4 Å². The van der Waals surface area contributed by atoms with E-state index in [0.717, 1.165) is 10.4 Å². The van der Waals surface area contributed by atoms with Gasteiger partial charge in [-0.15, -0.1) is 0 Å². The number of thiazole rings is 1. The summed E-state index contributed by atoms with van der Waals surface area (Å²) in [6.07, 6.45) is 5.01. The van der Waals surface area contributed by atoms with Gasteiger partial charge in [-0.2, -0.15) is 0 Å². The molecule has 0 atom stereocenters. The molecule has 25 heavy (non-hydrogen) atoms. The average Bonchev–Trinajstić information content (AvgIpc) is 3.08. The van der Waals surface area contributed by atoms with Gasteiger partial charge in [0.15, 0.2) is 5.13 Å². The van der Waals surface area contributed by atoms with E-state index in [4.69, 9.17) is 17.3 Å². The predicted octanol–water partition coefficient (Wildman–Crippen LogP) is 2.69. The molecule has 128 valence electrons. The van der Waals surface area contributed by atoms with Crippen LogP contribution in [0.2, 0.25) is 5.02 Å². The Balaban J connectivity index is 1.70. The van der Waals surface area contributed by atoms with E-state index in [0.29, 0.717) is 34.8 Å². The number of carbonyl (C=O) groups excluding carboxylic acids is 1. The van der Waals surface area contributed by atoms with Crippen molar-refractivity contribution in [2.45, 2.75) is 0 Å². The SMILES string of the molecule is NCCNC(=O)c1ccc(-c2cnc(Nc3cc(Cl)ccn3)s2)cn1. The van der Waals surface area contributed by atoms with Gasteiger partial charge in [0.05, 0.1) is 4.88 Å². The fraction of sp³-hybridized carbons (Fsp3) is 0.125. The zero-order valence-electron chi connectivity index (χ0n) is 13.1. The molecule has 0 saturated carbocycles. The van der Waals surface area contributed by atoms with E-state index in [-0.39, 0.29) is 5.91 Å². The number of pyridine rings is 2. The highest BCUT2D eigenvalue weighted by Crippen LogP contribution is 2.30. The minimum atomic E-state index is -0.240. The van der Waals surface area contributed by atoms with Gasteiger partial charge in [-0.3, -0.25) is 9.78 Å². The minimum absolute atomic E-state index is 0.240. The van der Waals surface area contributed by atoms with Crippen molar-refractivity contribution < 1.29 is 4.79 Å². The lowest BCUT2D eigenvalue weighted by Crippen LogP contribution is -2.29. The molecule has 3 aromatic heterocycles. The Labute approximate surface area is 153 Å². The minimum Gasteiger partial charge on any atom is -0.349 e. The van der Waals surface area contributed by atoms with E-state index in [2.05, 4.69) is 25.6 Å². The Morgan fingerprint density at radius 3 is 2.80 bits per heavy atom. The van der Waals surface area contributed by atoms with Gasteiger partial charge >= 0.3 is 0 Å². The molecule has 0 radical (unpaired) electrons. The maximum atomic E-state index is 11.8. The lowest BCUT2D eigenvalue weighted by atomic mass is 10.2. The van der Waals surface area contributed by atoms with Gasteiger partial charge in [-0.1, -0.05) is 22.9 Å². The Morgan fingerprint density at radius 1 is 1.20 bits per heavy atom. The molecule has 7 nitrogen and oxygen atoms in total. The van der Waals surface area contributed by atoms with Crippen molar-refractivity contribution in [3.63, 3.8) is 0 Å². The van der Waals surface area contributed by atoms with Crippen LogP contribution in [-0.4, -0.2) is 33.9 Å². The molecule has 3 aromatic rings.